The van der Waals surface area contributed by atoms with Crippen molar-refractivity contribution in [1.29, 1.82) is 0 Å². The van der Waals surface area contributed by atoms with E-state index in [1.807, 2.05) is 23.3 Å². The Bertz CT molecular complexity index is 838. The molecule has 25 heavy (non-hydrogen) atoms. The van der Waals surface area contributed by atoms with Gasteiger partial charge >= 0.3 is 0 Å². The van der Waals surface area contributed by atoms with Crippen molar-refractivity contribution >= 4 is 45.0 Å². The van der Waals surface area contributed by atoms with Gasteiger partial charge in [0.1, 0.15) is 11.0 Å². The summed E-state index contributed by atoms with van der Waals surface area (Å²) in [5, 5.41) is 7.82. The zero-order valence-electron chi connectivity index (χ0n) is 14.2. The molecule has 0 aromatic carbocycles. The van der Waals surface area contributed by atoms with Crippen molar-refractivity contribution in [2.24, 2.45) is 0 Å². The summed E-state index contributed by atoms with van der Waals surface area (Å²) in [5.41, 5.74) is 1.68. The molecule has 0 aliphatic carbocycles. The second kappa shape index (κ2) is 7.67. The molecule has 0 saturated carbocycles. The van der Waals surface area contributed by atoms with Crippen LogP contribution in [0.4, 0.5) is 11.5 Å². The number of hydrogen-bond acceptors (Lipinski definition) is 8. The first kappa shape index (κ1) is 16.7. The third kappa shape index (κ3) is 3.94. The van der Waals surface area contributed by atoms with Gasteiger partial charge < -0.3 is 10.2 Å². The van der Waals surface area contributed by atoms with Crippen molar-refractivity contribution in [2.45, 2.75) is 30.1 Å². The Morgan fingerprint density at radius 2 is 2.08 bits per heavy atom. The number of thiazole rings is 1. The Morgan fingerprint density at radius 3 is 2.92 bits per heavy atom. The summed E-state index contributed by atoms with van der Waals surface area (Å²) in [6.07, 6.45) is 11.5. The third-order valence-corrected chi connectivity index (χ3v) is 6.37. The lowest BCUT2D eigenvalue weighted by molar-refractivity contribution is 0.218. The molecule has 0 bridgehead atoms. The molecule has 132 valence electrons. The topological polar surface area (TPSA) is 71.8 Å². The summed E-state index contributed by atoms with van der Waals surface area (Å²) in [6.45, 7) is 4.41. The van der Waals surface area contributed by atoms with Gasteiger partial charge in [-0.25, -0.2) is 15.0 Å². The van der Waals surface area contributed by atoms with E-state index in [2.05, 4.69) is 30.3 Å². The van der Waals surface area contributed by atoms with E-state index in [0.717, 1.165) is 39.3 Å². The van der Waals surface area contributed by atoms with Gasteiger partial charge in [0.15, 0.2) is 15.8 Å². The lowest BCUT2D eigenvalue weighted by Gasteiger charge is -2.26. The number of piperidine rings is 1. The first-order valence-corrected chi connectivity index (χ1v) is 10.5. The smallest absolute Gasteiger partial charge is 0.176 e. The maximum atomic E-state index is 4.48. The highest BCUT2D eigenvalue weighted by Gasteiger charge is 2.12. The van der Waals surface area contributed by atoms with Crippen LogP contribution in [0.5, 0.6) is 0 Å². The van der Waals surface area contributed by atoms with Crippen LogP contribution in [0.25, 0.3) is 10.3 Å². The van der Waals surface area contributed by atoms with Crippen molar-refractivity contribution in [2.75, 3.05) is 31.2 Å². The summed E-state index contributed by atoms with van der Waals surface area (Å²) in [6, 6.07) is 0. The van der Waals surface area contributed by atoms with Crippen molar-refractivity contribution in [1.82, 2.24) is 29.6 Å². The Hall–Kier alpha value is -1.71. The van der Waals surface area contributed by atoms with Crippen molar-refractivity contribution < 1.29 is 0 Å². The summed E-state index contributed by atoms with van der Waals surface area (Å²) in [5.74, 6) is 0.790. The fourth-order valence-electron chi connectivity index (χ4n) is 3.03. The van der Waals surface area contributed by atoms with E-state index in [1.54, 1.807) is 29.4 Å². The van der Waals surface area contributed by atoms with Crippen LogP contribution in [0.2, 0.25) is 0 Å². The van der Waals surface area contributed by atoms with E-state index >= 15 is 0 Å². The number of nitrogens with zero attached hydrogens (tertiary/aromatic N) is 6. The first-order valence-electron chi connectivity index (χ1n) is 8.49. The molecule has 7 nitrogen and oxygen atoms in total. The number of nitrogens with one attached hydrogen (secondary N) is 1. The monoisotopic (exact) mass is 375 g/mol. The predicted molar refractivity (Wildman–Crippen MR) is 103 cm³/mol. The van der Waals surface area contributed by atoms with Crippen molar-refractivity contribution in [3.05, 3.63) is 18.7 Å². The molecule has 1 saturated heterocycles. The first-order chi connectivity index (χ1) is 12.3. The van der Waals surface area contributed by atoms with E-state index in [-0.39, 0.29) is 0 Å². The van der Waals surface area contributed by atoms with E-state index in [4.69, 9.17) is 0 Å². The average molecular weight is 376 g/mol. The number of anilines is 2. The van der Waals surface area contributed by atoms with Crippen LogP contribution in [-0.4, -0.2) is 55.5 Å². The molecule has 3 aromatic rings. The van der Waals surface area contributed by atoms with Crippen LogP contribution in [0.3, 0.4) is 0 Å². The number of thioether (sulfide) groups is 1. The maximum absolute atomic E-state index is 4.48. The molecule has 1 fully saturated rings. The molecule has 4 heterocycles. The van der Waals surface area contributed by atoms with E-state index in [1.165, 1.54) is 32.4 Å². The number of fused-ring (bicyclic) bond motifs is 1. The van der Waals surface area contributed by atoms with E-state index in [0.29, 0.717) is 0 Å². The van der Waals surface area contributed by atoms with E-state index in [9.17, 15) is 0 Å². The van der Waals surface area contributed by atoms with Gasteiger partial charge in [-0.3, -0.25) is 4.68 Å². The minimum absolute atomic E-state index is 0.740. The minimum Gasteiger partial charge on any atom is -0.336 e. The van der Waals surface area contributed by atoms with Gasteiger partial charge in [-0.2, -0.15) is 5.10 Å². The minimum atomic E-state index is 0.740. The highest BCUT2D eigenvalue weighted by molar-refractivity contribution is 8.00. The van der Waals surface area contributed by atoms with Crippen LogP contribution in [-0.2, 0) is 6.54 Å². The SMILES string of the molecule is CSc1nc2ncnc(Nc3cnn(CCN4CCCCC4)c3)c2s1. The molecule has 3 aromatic heterocycles. The second-order valence-corrected chi connectivity index (χ2v) is 8.13. The Labute approximate surface area is 154 Å². The quantitative estimate of drug-likeness (QED) is 0.663. The third-order valence-electron chi connectivity index (χ3n) is 4.34. The lowest BCUT2D eigenvalue weighted by atomic mass is 10.1. The van der Waals surface area contributed by atoms with Gasteiger partial charge in [-0.15, -0.1) is 11.3 Å². The summed E-state index contributed by atoms with van der Waals surface area (Å²) >= 11 is 3.23. The van der Waals surface area contributed by atoms with Gasteiger partial charge in [-0.1, -0.05) is 18.2 Å². The van der Waals surface area contributed by atoms with E-state index < -0.39 is 0 Å². The van der Waals surface area contributed by atoms with Crippen LogP contribution in [0.15, 0.2) is 23.1 Å². The summed E-state index contributed by atoms with van der Waals surface area (Å²) in [7, 11) is 0. The molecule has 0 spiro atoms. The van der Waals surface area contributed by atoms with Crippen LogP contribution >= 0.6 is 23.1 Å². The standard InChI is InChI=1S/C16H21N7S2/c1-24-16-21-15-13(25-16)14(17-11-18-15)20-12-9-19-23(10-12)8-7-22-5-3-2-4-6-22/h9-11H,2-8H2,1H3,(H,17,18,20). The molecule has 1 aliphatic heterocycles. The molecule has 4 rings (SSSR count). The fraction of sp³-hybridized carbons (Fsp3) is 0.500. The molecule has 0 radical (unpaired) electrons. The molecular formula is C16H21N7S2. The van der Waals surface area contributed by atoms with Crippen molar-refractivity contribution in [3.63, 3.8) is 0 Å². The van der Waals surface area contributed by atoms with Crippen LogP contribution in [0, 0.1) is 0 Å². The fourth-order valence-corrected chi connectivity index (χ4v) is 4.48. The number of likely N-dealkylation sites (tertiary alicyclic amines) is 1. The van der Waals surface area contributed by atoms with Gasteiger partial charge in [0, 0.05) is 12.7 Å². The highest BCUT2D eigenvalue weighted by Crippen LogP contribution is 2.32. The largest absolute Gasteiger partial charge is 0.336 e. The molecule has 0 atom stereocenters. The number of hydrogen-bond donors (Lipinski definition) is 1. The molecule has 0 amide bonds. The molecule has 0 unspecified atom stereocenters. The lowest BCUT2D eigenvalue weighted by Crippen LogP contribution is -2.32. The normalized spacial score (nSPS) is 15.7. The molecule has 9 heteroatoms. The van der Waals surface area contributed by atoms with Crippen LogP contribution in [0.1, 0.15) is 19.3 Å². The van der Waals surface area contributed by atoms with Gasteiger partial charge in [-0.05, 0) is 32.2 Å². The van der Waals surface area contributed by atoms with Crippen molar-refractivity contribution in [3.8, 4) is 0 Å². The highest BCUT2D eigenvalue weighted by atomic mass is 32.2. The number of aromatic nitrogens is 5. The second-order valence-electron chi connectivity index (χ2n) is 6.08. The Morgan fingerprint density at radius 1 is 1.20 bits per heavy atom. The molecular weight excluding hydrogens is 354 g/mol. The molecule has 1 aliphatic rings. The number of rotatable bonds is 6. The van der Waals surface area contributed by atoms with Gasteiger partial charge in [0.05, 0.1) is 18.4 Å². The maximum Gasteiger partial charge on any atom is 0.176 e. The van der Waals surface area contributed by atoms with Crippen LogP contribution < -0.4 is 5.32 Å². The Kier molecular flexibility index (Phi) is 5.14. The average Bonchev–Trinajstić information content (AvgIpc) is 3.28. The summed E-state index contributed by atoms with van der Waals surface area (Å²) in [4.78, 5) is 15.6. The summed E-state index contributed by atoms with van der Waals surface area (Å²) < 4.78 is 3.97. The zero-order valence-corrected chi connectivity index (χ0v) is 15.8. The Balaban J connectivity index is 1.43. The van der Waals surface area contributed by atoms with Gasteiger partial charge in [0.2, 0.25) is 0 Å². The van der Waals surface area contributed by atoms with Gasteiger partial charge in [0.25, 0.3) is 0 Å². The molecule has 1 N–H and O–H groups in total. The zero-order chi connectivity index (χ0) is 17.1. The predicted octanol–water partition coefficient (Wildman–Crippen LogP) is 3.23.